The SMILES string of the molecule is CCCCOC(=O)[C@H](CCC(=O)N1CCN(c2cccc(N)c2)CC1)NC(=O)OCc1ccccc1. The number of carbonyl (C=O) groups excluding carboxylic acids is 3. The number of anilines is 2. The van der Waals surface area contributed by atoms with Crippen LogP contribution in [0.1, 0.15) is 38.2 Å². The molecule has 0 aromatic heterocycles. The van der Waals surface area contributed by atoms with E-state index in [9.17, 15) is 14.4 Å². The van der Waals surface area contributed by atoms with Crippen LogP contribution in [0.15, 0.2) is 54.6 Å². The standard InChI is InChI=1S/C27H36N4O5/c1-2-3-18-35-26(33)24(29-27(34)36-20-21-8-5-4-6-9-21)12-13-25(32)31-16-14-30(15-17-31)23-11-7-10-22(28)19-23/h4-11,19,24H,2-3,12-18,20,28H2,1H3,(H,29,34)/t24-/m0/s1. The van der Waals surface area contributed by atoms with Gasteiger partial charge in [-0.05, 0) is 36.6 Å². The quantitative estimate of drug-likeness (QED) is 0.279. The maximum Gasteiger partial charge on any atom is 0.408 e. The van der Waals surface area contributed by atoms with Gasteiger partial charge < -0.3 is 30.3 Å². The van der Waals surface area contributed by atoms with Crippen LogP contribution < -0.4 is 16.0 Å². The molecule has 0 bridgehead atoms. The van der Waals surface area contributed by atoms with Crippen molar-refractivity contribution in [2.75, 3.05) is 43.4 Å². The summed E-state index contributed by atoms with van der Waals surface area (Å²) < 4.78 is 10.6. The van der Waals surface area contributed by atoms with Crippen molar-refractivity contribution < 1.29 is 23.9 Å². The summed E-state index contributed by atoms with van der Waals surface area (Å²) in [7, 11) is 0. The minimum Gasteiger partial charge on any atom is -0.464 e. The molecule has 1 saturated heterocycles. The van der Waals surface area contributed by atoms with Crippen LogP contribution >= 0.6 is 0 Å². The number of hydrogen-bond donors (Lipinski definition) is 2. The van der Waals surface area contributed by atoms with Gasteiger partial charge in [-0.3, -0.25) is 4.79 Å². The predicted molar refractivity (Wildman–Crippen MR) is 138 cm³/mol. The monoisotopic (exact) mass is 496 g/mol. The summed E-state index contributed by atoms with van der Waals surface area (Å²) in [6.07, 6.45) is 1.14. The van der Waals surface area contributed by atoms with E-state index in [0.717, 1.165) is 24.1 Å². The van der Waals surface area contributed by atoms with Crippen molar-refractivity contribution in [1.82, 2.24) is 10.2 Å². The summed E-state index contributed by atoms with van der Waals surface area (Å²) in [6.45, 7) is 4.89. The zero-order valence-electron chi connectivity index (χ0n) is 20.9. The van der Waals surface area contributed by atoms with Crippen molar-refractivity contribution in [3.8, 4) is 0 Å². The number of esters is 1. The smallest absolute Gasteiger partial charge is 0.408 e. The van der Waals surface area contributed by atoms with Gasteiger partial charge in [-0.25, -0.2) is 9.59 Å². The molecule has 0 spiro atoms. The van der Waals surface area contributed by atoms with Gasteiger partial charge in [0.25, 0.3) is 0 Å². The molecule has 9 nitrogen and oxygen atoms in total. The number of benzene rings is 2. The third-order valence-electron chi connectivity index (χ3n) is 6.05. The number of alkyl carbamates (subject to hydrolysis) is 1. The number of nitrogens with one attached hydrogen (secondary N) is 1. The lowest BCUT2D eigenvalue weighted by molar-refractivity contribution is -0.146. The number of nitrogen functional groups attached to an aromatic ring is 1. The summed E-state index contributed by atoms with van der Waals surface area (Å²) >= 11 is 0. The second-order valence-electron chi connectivity index (χ2n) is 8.78. The van der Waals surface area contributed by atoms with Crippen molar-refractivity contribution in [2.45, 2.75) is 45.3 Å². The van der Waals surface area contributed by atoms with Crippen LogP contribution in [-0.2, 0) is 25.7 Å². The first-order chi connectivity index (χ1) is 17.5. The topological polar surface area (TPSA) is 114 Å². The van der Waals surface area contributed by atoms with E-state index in [1.54, 1.807) is 4.90 Å². The molecule has 3 rings (SSSR count). The molecule has 0 aliphatic carbocycles. The van der Waals surface area contributed by atoms with Gasteiger partial charge in [0.2, 0.25) is 5.91 Å². The Morgan fingerprint density at radius 2 is 1.75 bits per heavy atom. The fourth-order valence-electron chi connectivity index (χ4n) is 3.94. The second kappa shape index (κ2) is 14.0. The van der Waals surface area contributed by atoms with E-state index in [4.69, 9.17) is 15.2 Å². The van der Waals surface area contributed by atoms with E-state index in [0.29, 0.717) is 31.9 Å². The van der Waals surface area contributed by atoms with Crippen LogP contribution in [0.4, 0.5) is 16.2 Å². The maximum atomic E-state index is 12.9. The number of rotatable bonds is 11. The number of unbranched alkanes of at least 4 members (excludes halogenated alkanes) is 1. The number of hydrogen-bond acceptors (Lipinski definition) is 7. The highest BCUT2D eigenvalue weighted by atomic mass is 16.6. The predicted octanol–water partition coefficient (Wildman–Crippen LogP) is 3.34. The van der Waals surface area contributed by atoms with Gasteiger partial charge in [0.15, 0.2) is 0 Å². The van der Waals surface area contributed by atoms with Gasteiger partial charge in [0.1, 0.15) is 12.6 Å². The Hall–Kier alpha value is -3.75. The van der Waals surface area contributed by atoms with Crippen molar-refractivity contribution in [2.24, 2.45) is 0 Å². The minimum absolute atomic E-state index is 0.0620. The van der Waals surface area contributed by atoms with Crippen LogP contribution in [0.3, 0.4) is 0 Å². The van der Waals surface area contributed by atoms with Gasteiger partial charge in [0.05, 0.1) is 6.61 Å². The lowest BCUT2D eigenvalue weighted by Crippen LogP contribution is -2.49. The van der Waals surface area contributed by atoms with E-state index in [1.165, 1.54) is 0 Å². The highest BCUT2D eigenvalue weighted by Crippen LogP contribution is 2.19. The van der Waals surface area contributed by atoms with Crippen molar-refractivity contribution in [1.29, 1.82) is 0 Å². The first kappa shape index (κ1) is 26.8. The first-order valence-corrected chi connectivity index (χ1v) is 12.5. The average molecular weight is 497 g/mol. The highest BCUT2D eigenvalue weighted by molar-refractivity contribution is 5.83. The van der Waals surface area contributed by atoms with Crippen LogP contribution in [0.25, 0.3) is 0 Å². The zero-order valence-corrected chi connectivity index (χ0v) is 20.9. The Balaban J connectivity index is 1.49. The number of piperazine rings is 1. The van der Waals surface area contributed by atoms with E-state index in [-0.39, 0.29) is 32.0 Å². The van der Waals surface area contributed by atoms with Crippen molar-refractivity contribution >= 4 is 29.3 Å². The molecular formula is C27H36N4O5. The second-order valence-corrected chi connectivity index (χ2v) is 8.78. The molecule has 3 N–H and O–H groups in total. The highest BCUT2D eigenvalue weighted by Gasteiger charge is 2.27. The number of carbonyl (C=O) groups is 3. The fourth-order valence-corrected chi connectivity index (χ4v) is 3.94. The summed E-state index contributed by atoms with van der Waals surface area (Å²) in [5.41, 5.74) is 8.47. The summed E-state index contributed by atoms with van der Waals surface area (Å²) in [5, 5.41) is 2.58. The lowest BCUT2D eigenvalue weighted by atomic mass is 10.1. The number of ether oxygens (including phenoxy) is 2. The molecule has 194 valence electrons. The lowest BCUT2D eigenvalue weighted by Gasteiger charge is -2.36. The van der Waals surface area contributed by atoms with Crippen LogP contribution in [0.2, 0.25) is 0 Å². The zero-order chi connectivity index (χ0) is 25.8. The van der Waals surface area contributed by atoms with E-state index < -0.39 is 18.1 Å². The molecular weight excluding hydrogens is 460 g/mol. The number of nitrogens with two attached hydrogens (primary N) is 1. The molecule has 2 aromatic carbocycles. The van der Waals surface area contributed by atoms with Crippen LogP contribution in [0.5, 0.6) is 0 Å². The third-order valence-corrected chi connectivity index (χ3v) is 6.05. The molecule has 2 aromatic rings. The molecule has 1 fully saturated rings. The maximum absolute atomic E-state index is 12.9. The van der Waals surface area contributed by atoms with Crippen LogP contribution in [-0.4, -0.2) is 61.7 Å². The number of nitrogens with zero attached hydrogens (tertiary/aromatic N) is 2. The van der Waals surface area contributed by atoms with Crippen molar-refractivity contribution in [3.05, 3.63) is 60.2 Å². The molecule has 2 amide bonds. The molecule has 1 aliphatic heterocycles. The average Bonchev–Trinajstić information content (AvgIpc) is 2.90. The fraction of sp³-hybridized carbons (Fsp3) is 0.444. The summed E-state index contributed by atoms with van der Waals surface area (Å²) in [6, 6.07) is 16.0. The Morgan fingerprint density at radius 3 is 2.44 bits per heavy atom. The van der Waals surface area contributed by atoms with Gasteiger partial charge in [0, 0.05) is 44.0 Å². The van der Waals surface area contributed by atoms with Gasteiger partial charge >= 0.3 is 12.1 Å². The van der Waals surface area contributed by atoms with Crippen molar-refractivity contribution in [3.63, 3.8) is 0 Å². The minimum atomic E-state index is -0.956. The Bertz CT molecular complexity index is 993. The summed E-state index contributed by atoms with van der Waals surface area (Å²) in [4.78, 5) is 41.8. The molecule has 1 aliphatic rings. The molecule has 9 heteroatoms. The molecule has 1 heterocycles. The van der Waals surface area contributed by atoms with Gasteiger partial charge in [-0.1, -0.05) is 49.7 Å². The molecule has 1 atom stereocenters. The Morgan fingerprint density at radius 1 is 1.00 bits per heavy atom. The van der Waals surface area contributed by atoms with E-state index >= 15 is 0 Å². The molecule has 0 radical (unpaired) electrons. The first-order valence-electron chi connectivity index (χ1n) is 12.5. The Kier molecular flexibility index (Phi) is 10.4. The van der Waals surface area contributed by atoms with Crippen LogP contribution in [0, 0.1) is 0 Å². The van der Waals surface area contributed by atoms with E-state index in [1.807, 2.05) is 61.5 Å². The normalized spacial score (nSPS) is 14.1. The third kappa shape index (κ3) is 8.48. The summed E-state index contributed by atoms with van der Waals surface area (Å²) in [5.74, 6) is -0.618. The molecule has 0 unspecified atom stereocenters. The van der Waals surface area contributed by atoms with E-state index in [2.05, 4.69) is 10.2 Å². The Labute approximate surface area is 212 Å². The van der Waals surface area contributed by atoms with Gasteiger partial charge in [-0.15, -0.1) is 0 Å². The largest absolute Gasteiger partial charge is 0.464 e. The van der Waals surface area contributed by atoms with Gasteiger partial charge in [-0.2, -0.15) is 0 Å². The molecule has 0 saturated carbocycles. The number of amides is 2. The molecule has 36 heavy (non-hydrogen) atoms.